The number of rotatable bonds is 7. The molecule has 0 radical (unpaired) electrons. The average Bonchev–Trinajstić information content (AvgIpc) is 3.28. The molecule has 1 N–H and O–H groups in total. The van der Waals surface area contributed by atoms with Gasteiger partial charge >= 0.3 is 0 Å². The second-order valence-electron chi connectivity index (χ2n) is 9.90. The molecule has 39 heavy (non-hydrogen) atoms. The molecule has 5 rings (SSSR count). The van der Waals surface area contributed by atoms with Crippen LogP contribution in [-0.2, 0) is 21.2 Å². The molecule has 1 fully saturated rings. The molecule has 2 atom stereocenters. The third-order valence-electron chi connectivity index (χ3n) is 7.15. The van der Waals surface area contributed by atoms with Gasteiger partial charge in [0.15, 0.2) is 15.5 Å². The lowest BCUT2D eigenvalue weighted by Crippen LogP contribution is -2.52. The number of nitrogens with one attached hydrogen (secondary N) is 1. The van der Waals surface area contributed by atoms with Crippen LogP contribution in [0.25, 0.3) is 5.65 Å². The summed E-state index contributed by atoms with van der Waals surface area (Å²) in [5.74, 6) is 0.140. The summed E-state index contributed by atoms with van der Waals surface area (Å²) in [6.45, 7) is 4.47. The van der Waals surface area contributed by atoms with E-state index in [9.17, 15) is 17.6 Å². The van der Waals surface area contributed by atoms with Gasteiger partial charge in [0.05, 0.1) is 16.8 Å². The van der Waals surface area contributed by atoms with E-state index < -0.39 is 15.9 Å². The molecule has 0 spiro atoms. The normalized spacial score (nSPS) is 19.2. The summed E-state index contributed by atoms with van der Waals surface area (Å²) in [4.78, 5) is 26.5. The molecule has 2 unspecified atom stereocenters. The van der Waals surface area contributed by atoms with Crippen molar-refractivity contribution < 1.29 is 17.6 Å². The number of nitrogens with zero attached hydrogens (tertiary/aromatic N) is 5. The quantitative estimate of drug-likeness (QED) is 0.461. The van der Waals surface area contributed by atoms with Gasteiger partial charge in [-0.15, -0.1) is 0 Å². The lowest BCUT2D eigenvalue weighted by molar-refractivity contribution is -0.133. The summed E-state index contributed by atoms with van der Waals surface area (Å²) in [6.07, 6.45) is 11.9. The Hall–Kier alpha value is -3.28. The molecular weight excluding hydrogens is 543 g/mol. The van der Waals surface area contributed by atoms with E-state index in [1.165, 1.54) is 12.3 Å². The fourth-order valence-electron chi connectivity index (χ4n) is 4.98. The number of benzene rings is 1. The molecular formula is C27H30ClFN6O3S. The maximum atomic E-state index is 14.2. The molecule has 12 heteroatoms. The summed E-state index contributed by atoms with van der Waals surface area (Å²) in [6, 6.07) is 4.13. The van der Waals surface area contributed by atoms with Crippen molar-refractivity contribution in [3.63, 3.8) is 0 Å². The fourth-order valence-corrected chi connectivity index (χ4v) is 5.93. The Labute approximate surface area is 231 Å². The number of imidazole rings is 1. The maximum absolute atomic E-state index is 14.2. The number of allylic oxidation sites excluding steroid dienone is 3. The standard InChI is InChI=1S/C27H30ClFN6O3S/c1-18(27(36)34-14-12-33(13-15-34)17-21-22(28)4-3-5-23(21)29)31-26-25(32-24-16-30-10-11-35(24)26)19-6-8-20(9-7-19)39(2,37)38/h3-6,8-11,16,18-19,31H,7,12-15,17H2,1-2H3. The highest BCUT2D eigenvalue weighted by atomic mass is 35.5. The number of anilines is 1. The van der Waals surface area contributed by atoms with Crippen molar-refractivity contribution in [3.05, 3.63) is 82.0 Å². The molecule has 1 amide bonds. The van der Waals surface area contributed by atoms with Gasteiger partial charge in [0.1, 0.15) is 17.7 Å². The van der Waals surface area contributed by atoms with E-state index in [4.69, 9.17) is 16.6 Å². The van der Waals surface area contributed by atoms with Crippen molar-refractivity contribution in [2.75, 3.05) is 37.8 Å². The highest BCUT2D eigenvalue weighted by Gasteiger charge is 2.29. The van der Waals surface area contributed by atoms with Crippen molar-refractivity contribution in [3.8, 4) is 0 Å². The Balaban J connectivity index is 1.27. The number of fused-ring (bicyclic) bond motifs is 1. The molecule has 1 aliphatic carbocycles. The van der Waals surface area contributed by atoms with Gasteiger partial charge in [-0.1, -0.05) is 29.8 Å². The van der Waals surface area contributed by atoms with E-state index in [0.29, 0.717) is 71.8 Å². The zero-order chi connectivity index (χ0) is 27.7. The lowest BCUT2D eigenvalue weighted by atomic mass is 9.97. The summed E-state index contributed by atoms with van der Waals surface area (Å²) in [5, 5.41) is 3.77. The number of hydrogen-bond donors (Lipinski definition) is 1. The van der Waals surface area contributed by atoms with Crippen LogP contribution in [0.3, 0.4) is 0 Å². The number of halogens is 2. The molecule has 1 aromatic carbocycles. The van der Waals surface area contributed by atoms with Crippen molar-refractivity contribution in [2.24, 2.45) is 0 Å². The first-order chi connectivity index (χ1) is 18.6. The van der Waals surface area contributed by atoms with Gasteiger partial charge in [0.2, 0.25) is 5.91 Å². The fraction of sp³-hybridized carbons (Fsp3) is 0.370. The monoisotopic (exact) mass is 572 g/mol. The Morgan fingerprint density at radius 2 is 2.03 bits per heavy atom. The van der Waals surface area contributed by atoms with Gasteiger partial charge in [-0.3, -0.25) is 19.1 Å². The number of amides is 1. The van der Waals surface area contributed by atoms with Crippen LogP contribution in [0.15, 0.2) is 59.9 Å². The molecule has 3 aromatic rings. The highest BCUT2D eigenvalue weighted by Crippen LogP contribution is 2.33. The predicted molar refractivity (Wildman–Crippen MR) is 149 cm³/mol. The van der Waals surface area contributed by atoms with Gasteiger partial charge < -0.3 is 10.2 Å². The molecule has 206 valence electrons. The number of carbonyl (C=O) groups excluding carboxylic acids is 1. The van der Waals surface area contributed by atoms with E-state index in [2.05, 4.69) is 15.2 Å². The maximum Gasteiger partial charge on any atom is 0.244 e. The molecule has 9 nitrogen and oxygen atoms in total. The zero-order valence-electron chi connectivity index (χ0n) is 21.7. The minimum absolute atomic E-state index is 0.0491. The second-order valence-corrected chi connectivity index (χ2v) is 12.3. The molecule has 1 aliphatic heterocycles. The Morgan fingerprint density at radius 1 is 1.26 bits per heavy atom. The minimum Gasteiger partial charge on any atom is -0.358 e. The largest absolute Gasteiger partial charge is 0.358 e. The second kappa shape index (κ2) is 11.1. The number of aromatic nitrogens is 3. The van der Waals surface area contributed by atoms with Gasteiger partial charge in [0, 0.05) is 67.9 Å². The van der Waals surface area contributed by atoms with E-state index >= 15 is 0 Å². The van der Waals surface area contributed by atoms with Crippen molar-refractivity contribution in [1.29, 1.82) is 0 Å². The first-order valence-electron chi connectivity index (χ1n) is 12.7. The van der Waals surface area contributed by atoms with E-state index in [1.807, 2.05) is 22.3 Å². The van der Waals surface area contributed by atoms with Gasteiger partial charge in [-0.25, -0.2) is 17.8 Å². The summed E-state index contributed by atoms with van der Waals surface area (Å²) >= 11 is 6.19. The summed E-state index contributed by atoms with van der Waals surface area (Å²) in [7, 11) is -3.29. The third kappa shape index (κ3) is 5.85. The van der Waals surface area contributed by atoms with Crippen molar-refractivity contribution in [2.45, 2.75) is 31.8 Å². The zero-order valence-corrected chi connectivity index (χ0v) is 23.3. The number of hydrogen-bond acceptors (Lipinski definition) is 7. The SMILES string of the molecule is CC(Nc1c(C2C=CC(S(C)(=O)=O)=CC2)nc2cnccn12)C(=O)N1CCN(Cc2c(F)cccc2Cl)CC1. The minimum atomic E-state index is -3.29. The lowest BCUT2D eigenvalue weighted by Gasteiger charge is -2.36. The Bertz CT molecular complexity index is 1540. The number of carbonyl (C=O) groups is 1. The van der Waals surface area contributed by atoms with Gasteiger partial charge in [-0.2, -0.15) is 0 Å². The molecule has 1 saturated heterocycles. The van der Waals surface area contributed by atoms with E-state index in [-0.39, 0.29) is 17.6 Å². The summed E-state index contributed by atoms with van der Waals surface area (Å²) in [5.41, 5.74) is 1.81. The first-order valence-corrected chi connectivity index (χ1v) is 15.0. The molecule has 3 heterocycles. The smallest absolute Gasteiger partial charge is 0.244 e. The topological polar surface area (TPSA) is 99.9 Å². The molecule has 0 saturated carbocycles. The van der Waals surface area contributed by atoms with Crippen LogP contribution in [0.2, 0.25) is 5.02 Å². The van der Waals surface area contributed by atoms with Crippen molar-refractivity contribution >= 4 is 38.8 Å². The molecule has 2 aliphatic rings. The van der Waals surface area contributed by atoms with E-state index in [0.717, 1.165) is 0 Å². The van der Waals surface area contributed by atoms with Crippen molar-refractivity contribution in [1.82, 2.24) is 24.2 Å². The van der Waals surface area contributed by atoms with E-state index in [1.54, 1.807) is 42.9 Å². The van der Waals surface area contributed by atoms with Crippen LogP contribution in [0.5, 0.6) is 0 Å². The van der Waals surface area contributed by atoms with Crippen LogP contribution < -0.4 is 5.32 Å². The molecule has 2 aromatic heterocycles. The Kier molecular flexibility index (Phi) is 7.75. The predicted octanol–water partition coefficient (Wildman–Crippen LogP) is 3.64. The van der Waals surface area contributed by atoms with Crippen LogP contribution in [0.1, 0.15) is 30.5 Å². The van der Waals surface area contributed by atoms with Crippen LogP contribution >= 0.6 is 11.6 Å². The summed E-state index contributed by atoms with van der Waals surface area (Å²) < 4.78 is 39.9. The van der Waals surface area contributed by atoms with Crippen LogP contribution in [0, 0.1) is 5.82 Å². The van der Waals surface area contributed by atoms with Gasteiger partial charge in [0.25, 0.3) is 0 Å². The van der Waals surface area contributed by atoms with Crippen LogP contribution in [0.4, 0.5) is 10.2 Å². The highest BCUT2D eigenvalue weighted by molar-refractivity contribution is 7.94. The average molecular weight is 573 g/mol. The first kappa shape index (κ1) is 27.3. The molecule has 0 bridgehead atoms. The van der Waals surface area contributed by atoms with Crippen LogP contribution in [-0.4, -0.2) is 77.0 Å². The number of sulfone groups is 1. The third-order valence-corrected chi connectivity index (χ3v) is 8.67. The van der Waals surface area contributed by atoms with Gasteiger partial charge in [-0.05, 0) is 31.6 Å². The number of piperazine rings is 1. The Morgan fingerprint density at radius 3 is 2.69 bits per heavy atom.